The molecule has 0 radical (unpaired) electrons. The van der Waals surface area contributed by atoms with Crippen LogP contribution >= 0.6 is 11.5 Å². The van der Waals surface area contributed by atoms with Gasteiger partial charge in [0.25, 0.3) is 0 Å². The molecule has 1 N–H and O–H groups in total. The van der Waals surface area contributed by atoms with Crippen molar-refractivity contribution in [2.24, 2.45) is 0 Å². The van der Waals surface area contributed by atoms with E-state index in [-0.39, 0.29) is 0 Å². The normalized spacial score (nSPS) is 15.2. The third-order valence-corrected chi connectivity index (χ3v) is 5.37. The predicted octanol–water partition coefficient (Wildman–Crippen LogP) is 3.97. The molecule has 3 aromatic rings. The molecule has 0 amide bonds. The highest BCUT2D eigenvalue weighted by Gasteiger charge is 2.17. The summed E-state index contributed by atoms with van der Waals surface area (Å²) < 4.78 is 20.7. The summed E-state index contributed by atoms with van der Waals surface area (Å²) in [6.07, 6.45) is 3.92. The van der Waals surface area contributed by atoms with Crippen LogP contribution < -0.4 is 14.8 Å². The van der Waals surface area contributed by atoms with Gasteiger partial charge in [-0.25, -0.2) is 0 Å². The summed E-state index contributed by atoms with van der Waals surface area (Å²) in [5.74, 6) is 1.41. The van der Waals surface area contributed by atoms with Gasteiger partial charge in [0.15, 0.2) is 11.5 Å². The lowest BCUT2D eigenvalue weighted by Gasteiger charge is -2.23. The number of rotatable bonds is 5. The first kappa shape index (κ1) is 17.1. The van der Waals surface area contributed by atoms with Crippen LogP contribution in [0.25, 0.3) is 22.2 Å². The molecule has 0 unspecified atom stereocenters. The number of fused-ring (bicyclic) bond motifs is 1. The fraction of sp³-hybridized carbons (Fsp3) is 0.368. The second-order valence-corrected chi connectivity index (χ2v) is 6.98. The number of methoxy groups -OCH3 is 2. The van der Waals surface area contributed by atoms with Crippen LogP contribution in [0.2, 0.25) is 0 Å². The SMILES string of the molecule is COc1ccc(-c2cnc3c(NC4CCOCC4)snc3c2)cc1OC. The fourth-order valence-electron chi connectivity index (χ4n) is 3.13. The number of hydrogen-bond acceptors (Lipinski definition) is 7. The first-order chi connectivity index (χ1) is 12.8. The summed E-state index contributed by atoms with van der Waals surface area (Å²) in [6.45, 7) is 1.62. The zero-order valence-electron chi connectivity index (χ0n) is 14.8. The highest BCUT2D eigenvalue weighted by atomic mass is 32.1. The third kappa shape index (κ3) is 3.32. The standard InChI is InChI=1S/C19H21N3O3S/c1-23-16-4-3-12(10-17(16)24-2)13-9-15-18(20-11-13)19(26-22-15)21-14-5-7-25-8-6-14/h3-4,9-11,14,21H,5-8H2,1-2H3. The Morgan fingerprint density at radius 2 is 1.88 bits per heavy atom. The Bertz CT molecular complexity index is 906. The van der Waals surface area contributed by atoms with Gasteiger partial charge in [0.2, 0.25) is 0 Å². The number of nitrogens with one attached hydrogen (secondary N) is 1. The Labute approximate surface area is 156 Å². The van der Waals surface area contributed by atoms with E-state index in [1.807, 2.05) is 24.4 Å². The molecule has 136 valence electrons. The van der Waals surface area contributed by atoms with Gasteiger partial charge >= 0.3 is 0 Å². The van der Waals surface area contributed by atoms with Crippen molar-refractivity contribution in [3.05, 3.63) is 30.5 Å². The average Bonchev–Trinajstić information content (AvgIpc) is 3.10. The van der Waals surface area contributed by atoms with Crippen molar-refractivity contribution in [3.8, 4) is 22.6 Å². The minimum Gasteiger partial charge on any atom is -0.493 e. The molecule has 26 heavy (non-hydrogen) atoms. The molecular weight excluding hydrogens is 350 g/mol. The number of nitrogens with zero attached hydrogens (tertiary/aromatic N) is 2. The van der Waals surface area contributed by atoms with E-state index in [9.17, 15) is 0 Å². The summed E-state index contributed by atoms with van der Waals surface area (Å²) in [5, 5.41) is 4.61. The summed E-state index contributed by atoms with van der Waals surface area (Å²) in [5.41, 5.74) is 3.84. The van der Waals surface area contributed by atoms with Crippen LogP contribution in [0.3, 0.4) is 0 Å². The molecule has 0 saturated carbocycles. The van der Waals surface area contributed by atoms with Crippen molar-refractivity contribution < 1.29 is 14.2 Å². The summed E-state index contributed by atoms with van der Waals surface area (Å²) in [6, 6.07) is 8.35. The van der Waals surface area contributed by atoms with E-state index in [0.29, 0.717) is 17.5 Å². The smallest absolute Gasteiger partial charge is 0.161 e. The quantitative estimate of drug-likeness (QED) is 0.732. The molecule has 4 rings (SSSR count). The number of ether oxygens (including phenoxy) is 3. The van der Waals surface area contributed by atoms with Crippen LogP contribution in [0.5, 0.6) is 11.5 Å². The lowest BCUT2D eigenvalue weighted by Crippen LogP contribution is -2.27. The van der Waals surface area contributed by atoms with E-state index in [1.165, 1.54) is 11.5 Å². The van der Waals surface area contributed by atoms with E-state index in [0.717, 1.165) is 53.2 Å². The fourth-order valence-corrected chi connectivity index (χ4v) is 3.92. The highest BCUT2D eigenvalue weighted by molar-refractivity contribution is 7.11. The van der Waals surface area contributed by atoms with Gasteiger partial charge in [0, 0.05) is 31.0 Å². The van der Waals surface area contributed by atoms with Crippen LogP contribution in [0, 0.1) is 0 Å². The monoisotopic (exact) mass is 371 g/mol. The number of benzene rings is 1. The van der Waals surface area contributed by atoms with E-state index in [4.69, 9.17) is 14.2 Å². The topological polar surface area (TPSA) is 65.5 Å². The van der Waals surface area contributed by atoms with Gasteiger partial charge in [-0.15, -0.1) is 0 Å². The second kappa shape index (κ2) is 7.47. The summed E-state index contributed by atoms with van der Waals surface area (Å²) in [4.78, 5) is 4.66. The molecule has 1 fully saturated rings. The van der Waals surface area contributed by atoms with Crippen molar-refractivity contribution in [2.75, 3.05) is 32.8 Å². The molecule has 1 aliphatic heterocycles. The number of aromatic nitrogens is 2. The minimum absolute atomic E-state index is 0.430. The molecular formula is C19H21N3O3S. The van der Waals surface area contributed by atoms with E-state index in [1.54, 1.807) is 14.2 Å². The molecule has 3 heterocycles. The molecule has 1 aliphatic rings. The van der Waals surface area contributed by atoms with E-state index < -0.39 is 0 Å². The van der Waals surface area contributed by atoms with Crippen LogP contribution in [0.1, 0.15) is 12.8 Å². The van der Waals surface area contributed by atoms with Crippen molar-refractivity contribution in [1.82, 2.24) is 9.36 Å². The molecule has 0 atom stereocenters. The predicted molar refractivity (Wildman–Crippen MR) is 103 cm³/mol. The zero-order chi connectivity index (χ0) is 17.9. The molecule has 0 aliphatic carbocycles. The number of pyridine rings is 1. The first-order valence-corrected chi connectivity index (χ1v) is 9.38. The van der Waals surface area contributed by atoms with Crippen LogP contribution in [-0.4, -0.2) is 42.8 Å². The third-order valence-electron chi connectivity index (χ3n) is 4.59. The maximum absolute atomic E-state index is 5.42. The molecule has 0 spiro atoms. The molecule has 1 aromatic carbocycles. The Morgan fingerprint density at radius 1 is 1.08 bits per heavy atom. The highest BCUT2D eigenvalue weighted by Crippen LogP contribution is 2.34. The molecule has 2 aromatic heterocycles. The van der Waals surface area contributed by atoms with Crippen molar-refractivity contribution >= 4 is 27.6 Å². The average molecular weight is 371 g/mol. The second-order valence-electron chi connectivity index (χ2n) is 6.20. The van der Waals surface area contributed by atoms with Gasteiger partial charge in [0.05, 0.1) is 14.2 Å². The van der Waals surface area contributed by atoms with Gasteiger partial charge in [-0.1, -0.05) is 6.07 Å². The minimum atomic E-state index is 0.430. The van der Waals surface area contributed by atoms with Crippen LogP contribution in [-0.2, 0) is 4.74 Å². The molecule has 1 saturated heterocycles. The Morgan fingerprint density at radius 3 is 2.65 bits per heavy atom. The Balaban J connectivity index is 1.62. The van der Waals surface area contributed by atoms with Gasteiger partial charge in [-0.3, -0.25) is 4.98 Å². The lowest BCUT2D eigenvalue weighted by atomic mass is 10.1. The van der Waals surface area contributed by atoms with E-state index >= 15 is 0 Å². The first-order valence-electron chi connectivity index (χ1n) is 8.60. The molecule has 6 nitrogen and oxygen atoms in total. The zero-order valence-corrected chi connectivity index (χ0v) is 15.6. The molecule has 7 heteroatoms. The maximum atomic E-state index is 5.42. The van der Waals surface area contributed by atoms with Gasteiger partial charge in [-0.05, 0) is 48.1 Å². The number of anilines is 1. The van der Waals surface area contributed by atoms with Gasteiger partial charge < -0.3 is 19.5 Å². The Hall–Kier alpha value is -2.38. The Kier molecular flexibility index (Phi) is 4.90. The largest absolute Gasteiger partial charge is 0.493 e. The maximum Gasteiger partial charge on any atom is 0.161 e. The van der Waals surface area contributed by atoms with Crippen molar-refractivity contribution in [3.63, 3.8) is 0 Å². The van der Waals surface area contributed by atoms with E-state index in [2.05, 4.69) is 20.7 Å². The van der Waals surface area contributed by atoms with Crippen LogP contribution in [0.4, 0.5) is 5.00 Å². The van der Waals surface area contributed by atoms with Crippen molar-refractivity contribution in [1.29, 1.82) is 0 Å². The lowest BCUT2D eigenvalue weighted by molar-refractivity contribution is 0.0905. The van der Waals surface area contributed by atoms with Gasteiger partial charge in [0.1, 0.15) is 16.0 Å². The number of hydrogen-bond donors (Lipinski definition) is 1. The molecule has 0 bridgehead atoms. The van der Waals surface area contributed by atoms with Crippen LogP contribution in [0.15, 0.2) is 30.5 Å². The van der Waals surface area contributed by atoms with Crippen molar-refractivity contribution in [2.45, 2.75) is 18.9 Å². The summed E-state index contributed by atoms with van der Waals surface area (Å²) >= 11 is 1.46. The van der Waals surface area contributed by atoms with Gasteiger partial charge in [-0.2, -0.15) is 4.37 Å². The summed E-state index contributed by atoms with van der Waals surface area (Å²) in [7, 11) is 3.27.